The van der Waals surface area contributed by atoms with Gasteiger partial charge in [-0.15, -0.1) is 0 Å². The van der Waals surface area contributed by atoms with Crippen molar-refractivity contribution in [1.29, 1.82) is 0 Å². The summed E-state index contributed by atoms with van der Waals surface area (Å²) in [6, 6.07) is 23.6. The molecule has 0 atom stereocenters. The first-order chi connectivity index (χ1) is 15.0. The first-order valence-corrected chi connectivity index (χ1v) is 10.1. The van der Waals surface area contributed by atoms with Gasteiger partial charge in [-0.1, -0.05) is 53.8 Å². The standard InChI is InChI=1S/C25H15ClN2O2S/c26-20-12-14-21(15-13-20)28-24(30)22(23(29)27-25(28)31)16-19-10-8-18(9-11-19)7-6-17-4-2-1-3-5-17/h1-5,8-16H,(H,27,29,31). The van der Waals surface area contributed by atoms with Crippen molar-refractivity contribution in [3.05, 3.63) is 106 Å². The number of carbonyl (C=O) groups is 2. The predicted molar refractivity (Wildman–Crippen MR) is 127 cm³/mol. The topological polar surface area (TPSA) is 49.4 Å². The van der Waals surface area contributed by atoms with Crippen LogP contribution in [0.3, 0.4) is 0 Å². The molecule has 150 valence electrons. The van der Waals surface area contributed by atoms with Crippen LogP contribution in [0.25, 0.3) is 6.08 Å². The van der Waals surface area contributed by atoms with Gasteiger partial charge in [0.1, 0.15) is 5.57 Å². The zero-order valence-electron chi connectivity index (χ0n) is 16.1. The molecule has 0 spiro atoms. The van der Waals surface area contributed by atoms with Crippen molar-refractivity contribution >= 4 is 52.5 Å². The summed E-state index contributed by atoms with van der Waals surface area (Å²) in [5.74, 6) is 5.16. The summed E-state index contributed by atoms with van der Waals surface area (Å²) < 4.78 is 0. The third-order valence-corrected chi connectivity index (χ3v) is 5.07. The number of carbonyl (C=O) groups excluding carboxylic acids is 2. The fraction of sp³-hybridized carbons (Fsp3) is 0. The molecular weight excluding hydrogens is 428 g/mol. The zero-order valence-corrected chi connectivity index (χ0v) is 17.7. The first kappa shape index (κ1) is 20.5. The molecule has 4 rings (SSSR count). The van der Waals surface area contributed by atoms with Crippen molar-refractivity contribution in [2.45, 2.75) is 0 Å². The third-order valence-electron chi connectivity index (χ3n) is 4.53. The van der Waals surface area contributed by atoms with Gasteiger partial charge in [-0.05, 0) is 72.4 Å². The van der Waals surface area contributed by atoms with E-state index in [1.54, 1.807) is 24.3 Å². The number of amides is 2. The second-order valence-corrected chi connectivity index (χ2v) is 7.50. The highest BCUT2D eigenvalue weighted by atomic mass is 35.5. The van der Waals surface area contributed by atoms with E-state index in [0.29, 0.717) is 16.3 Å². The van der Waals surface area contributed by atoms with E-state index in [-0.39, 0.29) is 10.7 Å². The largest absolute Gasteiger partial charge is 0.298 e. The SMILES string of the molecule is O=C1NC(=S)N(c2ccc(Cl)cc2)C(=O)C1=Cc1ccc(C#Cc2ccccc2)cc1. The highest BCUT2D eigenvalue weighted by molar-refractivity contribution is 7.80. The molecule has 1 saturated heterocycles. The number of hydrogen-bond acceptors (Lipinski definition) is 3. The summed E-state index contributed by atoms with van der Waals surface area (Å²) in [6.07, 6.45) is 1.54. The molecule has 4 nitrogen and oxygen atoms in total. The Morgan fingerprint density at radius 1 is 0.839 bits per heavy atom. The van der Waals surface area contributed by atoms with Crippen LogP contribution in [-0.2, 0) is 9.59 Å². The Kier molecular flexibility index (Phi) is 5.94. The summed E-state index contributed by atoms with van der Waals surface area (Å²) in [5.41, 5.74) is 2.97. The normalized spacial score (nSPS) is 14.8. The molecule has 1 aliphatic rings. The van der Waals surface area contributed by atoms with E-state index in [4.69, 9.17) is 23.8 Å². The van der Waals surface area contributed by atoms with Crippen molar-refractivity contribution < 1.29 is 9.59 Å². The van der Waals surface area contributed by atoms with Crippen LogP contribution in [0.5, 0.6) is 0 Å². The lowest BCUT2D eigenvalue weighted by molar-refractivity contribution is -0.122. The average Bonchev–Trinajstić information content (AvgIpc) is 2.78. The molecular formula is C25H15ClN2O2S. The van der Waals surface area contributed by atoms with Crippen LogP contribution in [0.4, 0.5) is 5.69 Å². The lowest BCUT2D eigenvalue weighted by Crippen LogP contribution is -2.54. The third kappa shape index (κ3) is 4.72. The second-order valence-electron chi connectivity index (χ2n) is 6.67. The molecule has 3 aromatic rings. The van der Waals surface area contributed by atoms with E-state index in [1.165, 1.54) is 11.0 Å². The highest BCUT2D eigenvalue weighted by Crippen LogP contribution is 2.23. The molecule has 1 N–H and O–H groups in total. The number of thiocarbonyl (C=S) groups is 1. The van der Waals surface area contributed by atoms with E-state index in [9.17, 15) is 9.59 Å². The van der Waals surface area contributed by atoms with E-state index in [2.05, 4.69) is 17.2 Å². The number of benzene rings is 3. The molecule has 0 aromatic heterocycles. The number of nitrogens with one attached hydrogen (secondary N) is 1. The number of rotatable bonds is 2. The Hall–Kier alpha value is -3.72. The fourth-order valence-corrected chi connectivity index (χ4v) is 3.38. The summed E-state index contributed by atoms with van der Waals surface area (Å²) >= 11 is 11.1. The smallest absolute Gasteiger partial charge is 0.270 e. The van der Waals surface area contributed by atoms with Gasteiger partial charge in [0.05, 0.1) is 5.69 Å². The number of nitrogens with zero attached hydrogens (tertiary/aromatic N) is 1. The molecule has 1 aliphatic heterocycles. The van der Waals surface area contributed by atoms with Crippen LogP contribution < -0.4 is 10.2 Å². The van der Waals surface area contributed by atoms with Crippen molar-refractivity contribution in [3.63, 3.8) is 0 Å². The van der Waals surface area contributed by atoms with Crippen molar-refractivity contribution in [1.82, 2.24) is 5.32 Å². The minimum Gasteiger partial charge on any atom is -0.298 e. The maximum absolute atomic E-state index is 13.0. The van der Waals surface area contributed by atoms with Crippen LogP contribution in [-0.4, -0.2) is 16.9 Å². The van der Waals surface area contributed by atoms with Crippen molar-refractivity contribution in [2.75, 3.05) is 4.90 Å². The van der Waals surface area contributed by atoms with E-state index in [0.717, 1.165) is 11.1 Å². The average molecular weight is 443 g/mol. The van der Waals surface area contributed by atoms with Gasteiger partial charge < -0.3 is 0 Å². The van der Waals surface area contributed by atoms with Gasteiger partial charge in [0.2, 0.25) is 0 Å². The lowest BCUT2D eigenvalue weighted by Gasteiger charge is -2.28. The quantitative estimate of drug-likeness (QED) is 0.274. The Balaban J connectivity index is 1.59. The van der Waals surface area contributed by atoms with Gasteiger partial charge in [-0.3, -0.25) is 19.8 Å². The monoisotopic (exact) mass is 442 g/mol. The molecule has 0 unspecified atom stereocenters. The fourth-order valence-electron chi connectivity index (χ4n) is 2.98. The molecule has 2 amide bonds. The van der Waals surface area contributed by atoms with E-state index in [1.807, 2.05) is 54.6 Å². The molecule has 0 aliphatic carbocycles. The minimum absolute atomic E-state index is 0.00771. The number of hydrogen-bond donors (Lipinski definition) is 1. The Morgan fingerprint density at radius 3 is 2.10 bits per heavy atom. The van der Waals surface area contributed by atoms with Crippen LogP contribution in [0.1, 0.15) is 16.7 Å². The van der Waals surface area contributed by atoms with Crippen molar-refractivity contribution in [2.24, 2.45) is 0 Å². The zero-order chi connectivity index (χ0) is 21.8. The van der Waals surface area contributed by atoms with Gasteiger partial charge in [0.15, 0.2) is 5.11 Å². The van der Waals surface area contributed by atoms with E-state index < -0.39 is 11.8 Å². The van der Waals surface area contributed by atoms with Crippen molar-refractivity contribution in [3.8, 4) is 11.8 Å². The van der Waals surface area contributed by atoms with Gasteiger partial charge in [0, 0.05) is 16.1 Å². The summed E-state index contributed by atoms with van der Waals surface area (Å²) in [4.78, 5) is 26.7. The lowest BCUT2D eigenvalue weighted by atomic mass is 10.1. The Morgan fingerprint density at radius 2 is 1.45 bits per heavy atom. The summed E-state index contributed by atoms with van der Waals surface area (Å²) in [5, 5.41) is 3.13. The highest BCUT2D eigenvalue weighted by Gasteiger charge is 2.34. The molecule has 1 heterocycles. The summed E-state index contributed by atoms with van der Waals surface area (Å²) in [6.45, 7) is 0. The van der Waals surface area contributed by atoms with E-state index >= 15 is 0 Å². The van der Waals surface area contributed by atoms with Crippen LogP contribution in [0.15, 0.2) is 84.4 Å². The Labute approximate surface area is 190 Å². The van der Waals surface area contributed by atoms with Crippen LogP contribution in [0, 0.1) is 11.8 Å². The second kappa shape index (κ2) is 8.97. The minimum atomic E-state index is -0.534. The maximum atomic E-state index is 13.0. The van der Waals surface area contributed by atoms with Crippen LogP contribution >= 0.6 is 23.8 Å². The molecule has 0 radical (unpaired) electrons. The number of halogens is 1. The molecule has 0 bridgehead atoms. The Bertz CT molecular complexity index is 1250. The van der Waals surface area contributed by atoms with Gasteiger partial charge in [-0.25, -0.2) is 0 Å². The molecule has 0 saturated carbocycles. The number of anilines is 1. The first-order valence-electron chi connectivity index (χ1n) is 9.35. The van der Waals surface area contributed by atoms with Gasteiger partial charge in [-0.2, -0.15) is 0 Å². The molecule has 1 fully saturated rings. The summed E-state index contributed by atoms with van der Waals surface area (Å²) in [7, 11) is 0. The maximum Gasteiger partial charge on any atom is 0.270 e. The van der Waals surface area contributed by atoms with Gasteiger partial charge >= 0.3 is 0 Å². The molecule has 3 aromatic carbocycles. The molecule has 31 heavy (non-hydrogen) atoms. The predicted octanol–water partition coefficient (Wildman–Crippen LogP) is 4.57. The van der Waals surface area contributed by atoms with Gasteiger partial charge in [0.25, 0.3) is 11.8 Å². The molecule has 6 heteroatoms. The van der Waals surface area contributed by atoms with Crippen LogP contribution in [0.2, 0.25) is 5.02 Å².